The van der Waals surface area contributed by atoms with Crippen LogP contribution >= 0.6 is 0 Å². The van der Waals surface area contributed by atoms with Gasteiger partial charge >= 0.3 is 0 Å². The van der Waals surface area contributed by atoms with E-state index in [4.69, 9.17) is 5.26 Å². The summed E-state index contributed by atoms with van der Waals surface area (Å²) >= 11 is 0. The second-order valence-electron chi connectivity index (χ2n) is 3.63. The molecule has 76 valence electrons. The molecule has 0 saturated carbocycles. The molecule has 0 aromatic rings. The van der Waals surface area contributed by atoms with Gasteiger partial charge in [-0.1, -0.05) is 13.8 Å². The van der Waals surface area contributed by atoms with Crippen molar-refractivity contribution in [3.8, 4) is 6.07 Å². The molecule has 0 aromatic carbocycles. The van der Waals surface area contributed by atoms with E-state index in [1.807, 2.05) is 20.8 Å². The minimum Gasteiger partial charge on any atom is -0.389 e. The van der Waals surface area contributed by atoms with Crippen LogP contribution in [0.1, 0.15) is 33.6 Å². The maximum atomic E-state index is 9.80. The largest absolute Gasteiger partial charge is 0.389 e. The van der Waals surface area contributed by atoms with E-state index in [-0.39, 0.29) is 0 Å². The number of hydrogen-bond acceptors (Lipinski definition) is 3. The standard InChI is InChI=1S/C10H20N2O/c1-4-10(3,13)9-12(5-2)8-6-7-11/h13H,4-6,8-9H2,1-3H3. The van der Waals surface area contributed by atoms with Gasteiger partial charge in [-0.15, -0.1) is 0 Å². The molecule has 0 aliphatic carbocycles. The molecule has 1 atom stereocenters. The first-order valence-electron chi connectivity index (χ1n) is 4.87. The molecule has 0 spiro atoms. The molecule has 1 unspecified atom stereocenters. The molecule has 1 N–H and O–H groups in total. The summed E-state index contributed by atoms with van der Waals surface area (Å²) in [5.41, 5.74) is -0.620. The second-order valence-corrected chi connectivity index (χ2v) is 3.63. The zero-order chi connectivity index (χ0) is 10.3. The molecular weight excluding hydrogens is 164 g/mol. The van der Waals surface area contributed by atoms with Gasteiger partial charge in [0.2, 0.25) is 0 Å². The van der Waals surface area contributed by atoms with Crippen molar-refractivity contribution in [3.05, 3.63) is 0 Å². The molecule has 3 nitrogen and oxygen atoms in total. The quantitative estimate of drug-likeness (QED) is 0.678. The Morgan fingerprint density at radius 3 is 2.46 bits per heavy atom. The van der Waals surface area contributed by atoms with E-state index in [0.29, 0.717) is 13.0 Å². The average Bonchev–Trinajstić information content (AvgIpc) is 2.12. The Kier molecular flexibility index (Phi) is 5.68. The summed E-state index contributed by atoms with van der Waals surface area (Å²) < 4.78 is 0. The van der Waals surface area contributed by atoms with E-state index in [2.05, 4.69) is 11.0 Å². The van der Waals surface area contributed by atoms with Crippen LogP contribution in [0.5, 0.6) is 0 Å². The molecule has 0 saturated heterocycles. The fourth-order valence-electron chi connectivity index (χ4n) is 1.15. The second kappa shape index (κ2) is 5.95. The topological polar surface area (TPSA) is 47.3 Å². The van der Waals surface area contributed by atoms with Gasteiger partial charge in [0.1, 0.15) is 0 Å². The van der Waals surface area contributed by atoms with Crippen LogP contribution in [0, 0.1) is 11.3 Å². The Morgan fingerprint density at radius 1 is 1.46 bits per heavy atom. The molecule has 3 heteroatoms. The van der Waals surface area contributed by atoms with Crippen LogP contribution < -0.4 is 0 Å². The highest BCUT2D eigenvalue weighted by Crippen LogP contribution is 2.10. The van der Waals surface area contributed by atoms with Gasteiger partial charge in [-0.05, 0) is 19.9 Å². The van der Waals surface area contributed by atoms with Crippen molar-refractivity contribution in [2.24, 2.45) is 0 Å². The fourth-order valence-corrected chi connectivity index (χ4v) is 1.15. The van der Waals surface area contributed by atoms with Crippen molar-refractivity contribution in [2.45, 2.75) is 39.2 Å². The summed E-state index contributed by atoms with van der Waals surface area (Å²) in [4.78, 5) is 2.10. The molecule has 13 heavy (non-hydrogen) atoms. The number of rotatable bonds is 6. The van der Waals surface area contributed by atoms with Crippen molar-refractivity contribution in [1.82, 2.24) is 4.90 Å². The Morgan fingerprint density at radius 2 is 2.08 bits per heavy atom. The van der Waals surface area contributed by atoms with Crippen molar-refractivity contribution >= 4 is 0 Å². The average molecular weight is 184 g/mol. The number of hydrogen-bond donors (Lipinski definition) is 1. The van der Waals surface area contributed by atoms with Crippen LogP contribution in [0.4, 0.5) is 0 Å². The first-order chi connectivity index (χ1) is 6.05. The zero-order valence-corrected chi connectivity index (χ0v) is 8.88. The number of likely N-dealkylation sites (N-methyl/N-ethyl adjacent to an activating group) is 1. The van der Waals surface area contributed by atoms with Crippen LogP contribution in [0.3, 0.4) is 0 Å². The first kappa shape index (κ1) is 12.4. The minimum absolute atomic E-state index is 0.535. The summed E-state index contributed by atoms with van der Waals surface area (Å²) in [6.07, 6.45) is 1.28. The van der Waals surface area contributed by atoms with Crippen LogP contribution in [-0.2, 0) is 0 Å². The normalized spacial score (nSPS) is 15.4. The van der Waals surface area contributed by atoms with E-state index < -0.39 is 5.60 Å². The molecule has 0 radical (unpaired) electrons. The molecule has 0 amide bonds. The van der Waals surface area contributed by atoms with Gasteiger partial charge in [-0.25, -0.2) is 0 Å². The van der Waals surface area contributed by atoms with Gasteiger partial charge in [-0.2, -0.15) is 5.26 Å². The predicted octanol–water partition coefficient (Wildman–Crippen LogP) is 1.38. The summed E-state index contributed by atoms with van der Waals surface area (Å²) in [5, 5.41) is 18.2. The van der Waals surface area contributed by atoms with Gasteiger partial charge in [0.25, 0.3) is 0 Å². The third-order valence-electron chi connectivity index (χ3n) is 2.31. The number of nitriles is 1. The predicted molar refractivity (Wildman–Crippen MR) is 53.3 cm³/mol. The van der Waals surface area contributed by atoms with Gasteiger partial charge in [0, 0.05) is 19.5 Å². The number of aliphatic hydroxyl groups is 1. The van der Waals surface area contributed by atoms with Gasteiger partial charge in [0.15, 0.2) is 0 Å². The smallest absolute Gasteiger partial charge is 0.0743 e. The summed E-state index contributed by atoms with van der Waals surface area (Å²) in [7, 11) is 0. The van der Waals surface area contributed by atoms with Crippen molar-refractivity contribution in [2.75, 3.05) is 19.6 Å². The van der Waals surface area contributed by atoms with Gasteiger partial charge < -0.3 is 5.11 Å². The minimum atomic E-state index is -0.620. The van der Waals surface area contributed by atoms with Gasteiger partial charge in [0.05, 0.1) is 11.7 Å². The van der Waals surface area contributed by atoms with Crippen LogP contribution in [0.2, 0.25) is 0 Å². The fraction of sp³-hybridized carbons (Fsp3) is 0.900. The molecule has 0 aromatic heterocycles. The SMILES string of the molecule is CCN(CCC#N)CC(C)(O)CC. The highest BCUT2D eigenvalue weighted by atomic mass is 16.3. The van der Waals surface area contributed by atoms with Crippen LogP contribution in [0.25, 0.3) is 0 Å². The molecule has 0 aliphatic heterocycles. The monoisotopic (exact) mass is 184 g/mol. The van der Waals surface area contributed by atoms with E-state index in [0.717, 1.165) is 19.5 Å². The van der Waals surface area contributed by atoms with E-state index in [9.17, 15) is 5.11 Å². The lowest BCUT2D eigenvalue weighted by Gasteiger charge is -2.29. The maximum Gasteiger partial charge on any atom is 0.0743 e. The summed E-state index contributed by atoms with van der Waals surface area (Å²) in [6, 6.07) is 2.11. The lowest BCUT2D eigenvalue weighted by Crippen LogP contribution is -2.40. The third-order valence-corrected chi connectivity index (χ3v) is 2.31. The van der Waals surface area contributed by atoms with Crippen LogP contribution in [-0.4, -0.2) is 35.2 Å². The Balaban J connectivity index is 3.91. The van der Waals surface area contributed by atoms with Crippen molar-refractivity contribution in [1.29, 1.82) is 5.26 Å². The van der Waals surface area contributed by atoms with Gasteiger partial charge in [-0.3, -0.25) is 4.90 Å². The van der Waals surface area contributed by atoms with E-state index >= 15 is 0 Å². The molecule has 0 heterocycles. The van der Waals surface area contributed by atoms with Crippen molar-refractivity contribution < 1.29 is 5.11 Å². The summed E-state index contributed by atoms with van der Waals surface area (Å²) in [5.74, 6) is 0. The zero-order valence-electron chi connectivity index (χ0n) is 8.88. The third kappa shape index (κ3) is 5.62. The molecule has 0 fully saturated rings. The highest BCUT2D eigenvalue weighted by molar-refractivity contribution is 4.78. The van der Waals surface area contributed by atoms with E-state index in [1.54, 1.807) is 0 Å². The number of nitrogens with zero attached hydrogens (tertiary/aromatic N) is 2. The first-order valence-corrected chi connectivity index (χ1v) is 4.87. The van der Waals surface area contributed by atoms with E-state index in [1.165, 1.54) is 0 Å². The molecule has 0 bridgehead atoms. The lowest BCUT2D eigenvalue weighted by atomic mass is 10.0. The van der Waals surface area contributed by atoms with Crippen LogP contribution in [0.15, 0.2) is 0 Å². The maximum absolute atomic E-state index is 9.80. The molecular formula is C10H20N2O. The summed E-state index contributed by atoms with van der Waals surface area (Å²) in [6.45, 7) is 8.14. The lowest BCUT2D eigenvalue weighted by molar-refractivity contribution is 0.0184. The highest BCUT2D eigenvalue weighted by Gasteiger charge is 2.20. The molecule has 0 rings (SSSR count). The Labute approximate surface area is 81.0 Å². The van der Waals surface area contributed by atoms with Crippen molar-refractivity contribution in [3.63, 3.8) is 0 Å². The Bertz CT molecular complexity index is 172. The Hall–Kier alpha value is -0.590. The molecule has 0 aliphatic rings.